The highest BCUT2D eigenvalue weighted by Gasteiger charge is 2.37. The van der Waals surface area contributed by atoms with Crippen LogP contribution in [0.4, 0.5) is 0 Å². The van der Waals surface area contributed by atoms with Crippen LogP contribution in [-0.4, -0.2) is 53.6 Å². The van der Waals surface area contributed by atoms with E-state index >= 15 is 0 Å². The van der Waals surface area contributed by atoms with Gasteiger partial charge in [0.15, 0.2) is 6.29 Å². The second-order valence-electron chi connectivity index (χ2n) is 2.48. The van der Waals surface area contributed by atoms with E-state index in [9.17, 15) is 0 Å². The van der Waals surface area contributed by atoms with Crippen LogP contribution in [0.1, 0.15) is 0 Å². The number of methoxy groups -OCH3 is 1. The molecule has 0 aromatic heterocycles. The molecule has 1 aliphatic rings. The van der Waals surface area contributed by atoms with Crippen LogP contribution in [0.2, 0.25) is 0 Å². The maximum atomic E-state index is 9.15. The van der Waals surface area contributed by atoms with E-state index in [2.05, 4.69) is 4.74 Å². The molecule has 1 saturated heterocycles. The van der Waals surface area contributed by atoms with E-state index < -0.39 is 24.6 Å². The molecule has 66 valence electrons. The van der Waals surface area contributed by atoms with Gasteiger partial charge in [-0.25, -0.2) is 0 Å². The molecular weight excluding hydrogens is 152 g/mol. The zero-order chi connectivity index (χ0) is 8.43. The van der Waals surface area contributed by atoms with Crippen LogP contribution < -0.4 is 0 Å². The Bertz CT molecular complexity index is 128. The average molecular weight is 164 g/mol. The van der Waals surface area contributed by atoms with Gasteiger partial charge >= 0.3 is 0 Å². The summed E-state index contributed by atoms with van der Waals surface area (Å²) in [6.07, 6.45) is -4.08. The van der Waals surface area contributed by atoms with Crippen molar-refractivity contribution in [2.24, 2.45) is 0 Å². The van der Waals surface area contributed by atoms with Crippen molar-refractivity contribution in [2.45, 2.75) is 24.6 Å². The molecule has 0 radical (unpaired) electrons. The number of rotatable bonds is 1. The molecule has 0 amide bonds. The fraction of sp³-hybridized carbons (Fsp3) is 1.00. The highest BCUT2D eigenvalue weighted by molar-refractivity contribution is 4.82. The maximum Gasteiger partial charge on any atom is 0.183 e. The smallest absolute Gasteiger partial charge is 0.183 e. The Hall–Kier alpha value is -0.200. The van der Waals surface area contributed by atoms with Gasteiger partial charge in [-0.15, -0.1) is 0 Å². The Balaban J connectivity index is 2.55. The third kappa shape index (κ3) is 1.69. The third-order valence-electron chi connectivity index (χ3n) is 1.72. The molecule has 0 spiro atoms. The van der Waals surface area contributed by atoms with Gasteiger partial charge in [0.2, 0.25) is 0 Å². The van der Waals surface area contributed by atoms with Gasteiger partial charge in [-0.2, -0.15) is 0 Å². The predicted octanol–water partition coefficient (Wildman–Crippen LogP) is -1.93. The summed E-state index contributed by atoms with van der Waals surface area (Å²) in [5.41, 5.74) is 0. The van der Waals surface area contributed by atoms with Gasteiger partial charge in [0.25, 0.3) is 0 Å². The second-order valence-corrected chi connectivity index (χ2v) is 2.48. The lowest BCUT2D eigenvalue weighted by Gasteiger charge is -2.34. The first-order chi connectivity index (χ1) is 5.16. The molecule has 11 heavy (non-hydrogen) atoms. The van der Waals surface area contributed by atoms with Crippen LogP contribution in [0, 0.1) is 0 Å². The van der Waals surface area contributed by atoms with Gasteiger partial charge in [-0.05, 0) is 0 Å². The van der Waals surface area contributed by atoms with E-state index in [-0.39, 0.29) is 6.61 Å². The van der Waals surface area contributed by atoms with Crippen LogP contribution in [-0.2, 0) is 9.47 Å². The van der Waals surface area contributed by atoms with Gasteiger partial charge in [0.05, 0.1) is 6.61 Å². The van der Waals surface area contributed by atoms with E-state index in [1.165, 1.54) is 7.11 Å². The highest BCUT2D eigenvalue weighted by Crippen LogP contribution is 2.15. The molecule has 1 aliphatic heterocycles. The summed E-state index contributed by atoms with van der Waals surface area (Å²) in [5, 5.41) is 27.2. The van der Waals surface area contributed by atoms with Crippen LogP contribution in [0.25, 0.3) is 0 Å². The minimum Gasteiger partial charge on any atom is -0.388 e. The Morgan fingerprint density at radius 2 is 2.00 bits per heavy atom. The molecule has 0 saturated carbocycles. The van der Waals surface area contributed by atoms with Crippen molar-refractivity contribution in [1.82, 2.24) is 0 Å². The quantitative estimate of drug-likeness (QED) is 0.420. The summed E-state index contributed by atoms with van der Waals surface area (Å²) >= 11 is 0. The number of ether oxygens (including phenoxy) is 2. The molecule has 0 aromatic carbocycles. The Morgan fingerprint density at radius 1 is 1.36 bits per heavy atom. The molecule has 1 heterocycles. The number of hydrogen-bond acceptors (Lipinski definition) is 5. The predicted molar refractivity (Wildman–Crippen MR) is 34.8 cm³/mol. The van der Waals surface area contributed by atoms with Crippen molar-refractivity contribution in [3.05, 3.63) is 0 Å². The van der Waals surface area contributed by atoms with Crippen LogP contribution in [0.5, 0.6) is 0 Å². The number of aliphatic hydroxyl groups is 3. The first-order valence-electron chi connectivity index (χ1n) is 3.35. The average Bonchev–Trinajstić information content (AvgIpc) is 1.99. The molecule has 1 fully saturated rings. The van der Waals surface area contributed by atoms with Crippen molar-refractivity contribution in [3.63, 3.8) is 0 Å². The molecule has 3 N–H and O–H groups in total. The maximum absolute atomic E-state index is 9.15. The zero-order valence-electron chi connectivity index (χ0n) is 6.17. The van der Waals surface area contributed by atoms with Crippen LogP contribution in [0.3, 0.4) is 0 Å². The first-order valence-corrected chi connectivity index (χ1v) is 3.35. The van der Waals surface area contributed by atoms with Gasteiger partial charge in [0, 0.05) is 7.11 Å². The monoisotopic (exact) mass is 164 g/mol. The molecule has 1 unspecified atom stereocenters. The minimum atomic E-state index is -1.26. The zero-order valence-corrected chi connectivity index (χ0v) is 6.17. The SMILES string of the molecule is CO[C@@H]1C(O)[C@@H](O)OC[C@H]1O. The molecule has 0 bridgehead atoms. The molecule has 5 nitrogen and oxygen atoms in total. The highest BCUT2D eigenvalue weighted by atomic mass is 16.6. The first kappa shape index (κ1) is 8.89. The van der Waals surface area contributed by atoms with Crippen molar-refractivity contribution in [3.8, 4) is 0 Å². The second kappa shape index (κ2) is 3.46. The lowest BCUT2D eigenvalue weighted by Crippen LogP contribution is -2.53. The Kier molecular flexibility index (Phi) is 2.80. The van der Waals surface area contributed by atoms with E-state index in [1.807, 2.05) is 0 Å². The van der Waals surface area contributed by atoms with Crippen molar-refractivity contribution in [1.29, 1.82) is 0 Å². The van der Waals surface area contributed by atoms with E-state index in [0.29, 0.717) is 0 Å². The molecular formula is C6H12O5. The molecule has 5 heteroatoms. The summed E-state index contributed by atoms with van der Waals surface area (Å²) in [6.45, 7) is -0.0171. The van der Waals surface area contributed by atoms with E-state index in [0.717, 1.165) is 0 Å². The summed E-state index contributed by atoms with van der Waals surface area (Å²) in [6, 6.07) is 0. The van der Waals surface area contributed by atoms with Crippen LogP contribution >= 0.6 is 0 Å². The summed E-state index contributed by atoms with van der Waals surface area (Å²) in [7, 11) is 1.36. The van der Waals surface area contributed by atoms with Gasteiger partial charge in [0.1, 0.15) is 18.3 Å². The fourth-order valence-corrected chi connectivity index (χ4v) is 1.08. The Labute approximate surface area is 64.2 Å². The summed E-state index contributed by atoms with van der Waals surface area (Å²) in [5.74, 6) is 0. The normalized spacial score (nSPS) is 45.8. The van der Waals surface area contributed by atoms with Crippen molar-refractivity contribution < 1.29 is 24.8 Å². The van der Waals surface area contributed by atoms with Gasteiger partial charge < -0.3 is 24.8 Å². The lowest BCUT2D eigenvalue weighted by atomic mass is 10.1. The summed E-state index contributed by atoms with van der Waals surface area (Å²) in [4.78, 5) is 0. The largest absolute Gasteiger partial charge is 0.388 e. The van der Waals surface area contributed by atoms with Gasteiger partial charge in [-0.1, -0.05) is 0 Å². The summed E-state index contributed by atoms with van der Waals surface area (Å²) < 4.78 is 9.36. The van der Waals surface area contributed by atoms with E-state index in [1.54, 1.807) is 0 Å². The van der Waals surface area contributed by atoms with Crippen molar-refractivity contribution >= 4 is 0 Å². The minimum absolute atomic E-state index is 0.0171. The standard InChI is InChI=1S/C6H12O5/c1-10-5-3(7)2-11-6(9)4(5)8/h3-9H,2H2,1H3/t3-,4?,5+,6+/m1/s1. The molecule has 4 atom stereocenters. The third-order valence-corrected chi connectivity index (χ3v) is 1.72. The van der Waals surface area contributed by atoms with Crippen LogP contribution in [0.15, 0.2) is 0 Å². The number of hydrogen-bond donors (Lipinski definition) is 3. The van der Waals surface area contributed by atoms with E-state index in [4.69, 9.17) is 20.1 Å². The topological polar surface area (TPSA) is 79.2 Å². The number of aliphatic hydroxyl groups excluding tert-OH is 3. The fourth-order valence-electron chi connectivity index (χ4n) is 1.08. The molecule has 0 aliphatic carbocycles. The lowest BCUT2D eigenvalue weighted by molar-refractivity contribution is -0.257. The van der Waals surface area contributed by atoms with Crippen molar-refractivity contribution in [2.75, 3.05) is 13.7 Å². The van der Waals surface area contributed by atoms with Gasteiger partial charge in [-0.3, -0.25) is 0 Å². The Morgan fingerprint density at radius 3 is 2.45 bits per heavy atom. The molecule has 1 rings (SSSR count). The molecule has 0 aromatic rings.